The first-order valence-electron chi connectivity index (χ1n) is 8.75. The van der Waals surface area contributed by atoms with Crippen LogP contribution in [0.15, 0.2) is 34.9 Å². The van der Waals surface area contributed by atoms with Crippen molar-refractivity contribution in [3.8, 4) is 0 Å². The third-order valence-corrected chi connectivity index (χ3v) is 4.72. The molecule has 0 saturated carbocycles. The Balaban J connectivity index is 0.00000288. The molecule has 1 N–H and O–H groups in total. The number of fused-ring (bicyclic) bond motifs is 1. The van der Waals surface area contributed by atoms with Gasteiger partial charge in [-0.3, -0.25) is 4.98 Å². The van der Waals surface area contributed by atoms with Crippen LogP contribution in [0.4, 0.5) is 5.69 Å². The highest BCUT2D eigenvalue weighted by atomic mass is 127. The summed E-state index contributed by atoms with van der Waals surface area (Å²) in [6.45, 7) is 9.07. The van der Waals surface area contributed by atoms with Crippen molar-refractivity contribution < 1.29 is 0 Å². The van der Waals surface area contributed by atoms with Crippen LogP contribution in [0.1, 0.15) is 39.5 Å². The molecule has 0 aliphatic rings. The Labute approximate surface area is 171 Å². The highest BCUT2D eigenvalue weighted by Gasteiger charge is 2.02. The van der Waals surface area contributed by atoms with Gasteiger partial charge in [0.05, 0.1) is 11.2 Å². The third-order valence-electron chi connectivity index (χ3n) is 4.29. The molecule has 24 heavy (non-hydrogen) atoms. The number of unbranched alkanes of at least 4 members (excludes halogenated alkanes) is 3. The summed E-state index contributed by atoms with van der Waals surface area (Å²) in [6, 6.07) is 8.42. The van der Waals surface area contributed by atoms with Crippen molar-refractivity contribution in [3.63, 3.8) is 0 Å². The van der Waals surface area contributed by atoms with Gasteiger partial charge in [-0.1, -0.05) is 38.8 Å². The maximum absolute atomic E-state index is 4.53. The predicted molar refractivity (Wildman–Crippen MR) is 120 cm³/mol. The number of halogens is 2. The zero-order chi connectivity index (χ0) is 16.5. The van der Waals surface area contributed by atoms with E-state index < -0.39 is 0 Å². The van der Waals surface area contributed by atoms with E-state index in [9.17, 15) is 0 Å². The van der Waals surface area contributed by atoms with Crippen LogP contribution in [0, 0.1) is 0 Å². The molecule has 0 aliphatic carbocycles. The summed E-state index contributed by atoms with van der Waals surface area (Å²) in [5.74, 6) is 0. The van der Waals surface area contributed by atoms with E-state index in [1.54, 1.807) is 0 Å². The molecule has 5 heteroatoms. The Kier molecular flexibility index (Phi) is 10.9. The normalized spacial score (nSPS) is 10.8. The average molecular weight is 506 g/mol. The lowest BCUT2D eigenvalue weighted by atomic mass is 10.1. The molecule has 0 saturated heterocycles. The van der Waals surface area contributed by atoms with Gasteiger partial charge in [-0.15, -0.1) is 24.0 Å². The van der Waals surface area contributed by atoms with Crippen LogP contribution in [0.3, 0.4) is 0 Å². The summed E-state index contributed by atoms with van der Waals surface area (Å²) in [7, 11) is 0. The minimum Gasteiger partial charge on any atom is -0.383 e. The first-order chi connectivity index (χ1) is 11.2. The molecule has 134 valence electrons. The van der Waals surface area contributed by atoms with E-state index in [2.05, 4.69) is 69.2 Å². The molecule has 3 nitrogen and oxygen atoms in total. The van der Waals surface area contributed by atoms with Crippen molar-refractivity contribution in [2.24, 2.45) is 0 Å². The fourth-order valence-electron chi connectivity index (χ4n) is 2.85. The van der Waals surface area contributed by atoms with Crippen molar-refractivity contribution in [1.82, 2.24) is 9.88 Å². The molecule has 0 amide bonds. The Morgan fingerprint density at radius 1 is 1.08 bits per heavy atom. The van der Waals surface area contributed by atoms with Crippen LogP contribution >= 0.6 is 39.9 Å². The Morgan fingerprint density at radius 2 is 1.83 bits per heavy atom. The van der Waals surface area contributed by atoms with Gasteiger partial charge in [-0.2, -0.15) is 0 Å². The Morgan fingerprint density at radius 3 is 2.58 bits per heavy atom. The van der Waals surface area contributed by atoms with E-state index in [0.29, 0.717) is 0 Å². The number of hydrogen-bond acceptors (Lipinski definition) is 3. The number of anilines is 1. The molecule has 0 spiro atoms. The van der Waals surface area contributed by atoms with Crippen LogP contribution in [-0.4, -0.2) is 36.1 Å². The second-order valence-corrected chi connectivity index (χ2v) is 6.81. The zero-order valence-corrected chi connectivity index (χ0v) is 18.6. The minimum atomic E-state index is 0. The summed E-state index contributed by atoms with van der Waals surface area (Å²) in [6.07, 6.45) is 6.99. The van der Waals surface area contributed by atoms with E-state index >= 15 is 0 Å². The molecule has 1 heterocycles. The molecular formula is C19H29BrIN3. The van der Waals surface area contributed by atoms with Crippen LogP contribution in [0.2, 0.25) is 0 Å². The van der Waals surface area contributed by atoms with Gasteiger partial charge in [-0.25, -0.2) is 0 Å². The Hall–Kier alpha value is -0.400. The first kappa shape index (κ1) is 21.6. The van der Waals surface area contributed by atoms with Gasteiger partial charge in [-0.05, 0) is 60.5 Å². The van der Waals surface area contributed by atoms with Gasteiger partial charge in [0.15, 0.2) is 0 Å². The first-order valence-corrected chi connectivity index (χ1v) is 9.54. The molecule has 0 atom stereocenters. The summed E-state index contributed by atoms with van der Waals surface area (Å²) in [5, 5.41) is 4.71. The molecule has 0 radical (unpaired) electrons. The molecule has 2 rings (SSSR count). The van der Waals surface area contributed by atoms with Gasteiger partial charge in [0.25, 0.3) is 0 Å². The fraction of sp³-hybridized carbons (Fsp3) is 0.526. The summed E-state index contributed by atoms with van der Waals surface area (Å²) >= 11 is 3.48. The molecule has 1 aromatic carbocycles. The monoisotopic (exact) mass is 505 g/mol. The average Bonchev–Trinajstić information content (AvgIpc) is 2.57. The van der Waals surface area contributed by atoms with E-state index in [4.69, 9.17) is 0 Å². The number of pyridine rings is 1. The van der Waals surface area contributed by atoms with Crippen LogP contribution in [0.25, 0.3) is 10.9 Å². The smallest absolute Gasteiger partial charge is 0.0934 e. The number of aromatic nitrogens is 1. The van der Waals surface area contributed by atoms with E-state index in [-0.39, 0.29) is 24.0 Å². The van der Waals surface area contributed by atoms with Crippen LogP contribution in [-0.2, 0) is 0 Å². The van der Waals surface area contributed by atoms with E-state index in [1.165, 1.54) is 50.7 Å². The molecular weight excluding hydrogens is 477 g/mol. The van der Waals surface area contributed by atoms with Gasteiger partial charge in [0, 0.05) is 22.6 Å². The van der Waals surface area contributed by atoms with Crippen molar-refractivity contribution >= 4 is 56.5 Å². The lowest BCUT2D eigenvalue weighted by Crippen LogP contribution is -2.23. The topological polar surface area (TPSA) is 28.2 Å². The van der Waals surface area contributed by atoms with Crippen molar-refractivity contribution in [3.05, 3.63) is 34.9 Å². The van der Waals surface area contributed by atoms with E-state index in [0.717, 1.165) is 22.2 Å². The molecule has 0 unspecified atom stereocenters. The van der Waals surface area contributed by atoms with Crippen molar-refractivity contribution in [2.45, 2.75) is 39.5 Å². The summed E-state index contributed by atoms with van der Waals surface area (Å²) in [4.78, 5) is 7.03. The minimum absolute atomic E-state index is 0. The number of nitrogens with one attached hydrogen (secondary N) is 1. The third kappa shape index (κ3) is 6.84. The standard InChI is InChI=1S/C19H28BrN3.HI/c1-3-23(4-2)13-8-6-5-7-12-21-18-11-9-10-16-14-17(20)15-22-19(16)18;/h9-11,14-15,21H,3-8,12-13H2,1-2H3;1H. The quantitative estimate of drug-likeness (QED) is 0.320. The summed E-state index contributed by atoms with van der Waals surface area (Å²) in [5.41, 5.74) is 2.19. The number of para-hydroxylation sites is 1. The second-order valence-electron chi connectivity index (χ2n) is 5.90. The SMILES string of the molecule is CCN(CC)CCCCCCNc1cccc2cc(Br)cnc12.I. The summed E-state index contributed by atoms with van der Waals surface area (Å²) < 4.78 is 1.02. The number of benzene rings is 1. The second kappa shape index (κ2) is 12.0. The fourth-order valence-corrected chi connectivity index (χ4v) is 3.20. The number of rotatable bonds is 10. The maximum Gasteiger partial charge on any atom is 0.0934 e. The highest BCUT2D eigenvalue weighted by molar-refractivity contribution is 14.0. The molecule has 0 bridgehead atoms. The predicted octanol–water partition coefficient (Wildman–Crippen LogP) is 5.93. The van der Waals surface area contributed by atoms with Crippen LogP contribution < -0.4 is 5.32 Å². The van der Waals surface area contributed by atoms with Crippen molar-refractivity contribution in [1.29, 1.82) is 0 Å². The van der Waals surface area contributed by atoms with Crippen molar-refractivity contribution in [2.75, 3.05) is 31.5 Å². The Bertz CT molecular complexity index is 602. The number of nitrogens with zero attached hydrogens (tertiary/aromatic N) is 2. The molecule has 0 aliphatic heterocycles. The van der Waals surface area contributed by atoms with Gasteiger partial charge in [0.2, 0.25) is 0 Å². The number of hydrogen-bond donors (Lipinski definition) is 1. The molecule has 1 aromatic heterocycles. The highest BCUT2D eigenvalue weighted by Crippen LogP contribution is 2.23. The largest absolute Gasteiger partial charge is 0.383 e. The maximum atomic E-state index is 4.53. The lowest BCUT2D eigenvalue weighted by molar-refractivity contribution is 0.295. The van der Waals surface area contributed by atoms with Crippen LogP contribution in [0.5, 0.6) is 0 Å². The van der Waals surface area contributed by atoms with Gasteiger partial charge < -0.3 is 10.2 Å². The molecule has 2 aromatic rings. The van der Waals surface area contributed by atoms with E-state index in [1.807, 2.05) is 6.20 Å². The van der Waals surface area contributed by atoms with Gasteiger partial charge >= 0.3 is 0 Å². The van der Waals surface area contributed by atoms with Gasteiger partial charge in [0.1, 0.15) is 0 Å². The molecule has 0 fully saturated rings. The zero-order valence-electron chi connectivity index (χ0n) is 14.7. The lowest BCUT2D eigenvalue weighted by Gasteiger charge is -2.17.